The molecule has 1 aliphatic heterocycles. The van der Waals surface area contributed by atoms with Crippen molar-refractivity contribution >= 4 is 17.0 Å². The van der Waals surface area contributed by atoms with Crippen molar-refractivity contribution in [1.29, 1.82) is 0 Å². The molecule has 3 heterocycles. The lowest BCUT2D eigenvalue weighted by Gasteiger charge is -2.25. The van der Waals surface area contributed by atoms with Crippen LogP contribution in [0.15, 0.2) is 12.7 Å². The number of rotatable bonds is 3. The molecule has 1 fully saturated rings. The van der Waals surface area contributed by atoms with Crippen LogP contribution < -0.4 is 11.3 Å². The molecular formula is C11H16N6O4. The number of nitrogens with one attached hydrogen (secondary N) is 1. The Bertz CT molecular complexity index is 659. The van der Waals surface area contributed by atoms with Gasteiger partial charge in [0.1, 0.15) is 24.1 Å². The van der Waals surface area contributed by atoms with E-state index >= 15 is 0 Å². The Morgan fingerprint density at radius 1 is 1.48 bits per heavy atom. The number of hydrazine groups is 1. The van der Waals surface area contributed by atoms with Gasteiger partial charge in [-0.25, -0.2) is 20.8 Å². The molecule has 0 saturated carbocycles. The number of aliphatic hydroxyl groups is 3. The van der Waals surface area contributed by atoms with E-state index in [0.717, 1.165) is 0 Å². The van der Waals surface area contributed by atoms with Crippen LogP contribution in [0.2, 0.25) is 0 Å². The van der Waals surface area contributed by atoms with Crippen molar-refractivity contribution in [2.75, 3.05) is 12.0 Å². The number of nitrogens with zero attached hydrogens (tertiary/aromatic N) is 4. The Balaban J connectivity index is 2.06. The number of imidazole rings is 1. The van der Waals surface area contributed by atoms with E-state index in [2.05, 4.69) is 20.4 Å². The highest BCUT2D eigenvalue weighted by atomic mass is 16.6. The molecule has 10 heteroatoms. The summed E-state index contributed by atoms with van der Waals surface area (Å²) in [6.45, 7) is 0.983. The summed E-state index contributed by atoms with van der Waals surface area (Å²) in [6, 6.07) is 0. The molecule has 4 atom stereocenters. The van der Waals surface area contributed by atoms with Crippen LogP contribution in [0.1, 0.15) is 13.2 Å². The van der Waals surface area contributed by atoms with E-state index in [-0.39, 0.29) is 0 Å². The first-order valence-electron chi connectivity index (χ1n) is 6.31. The second kappa shape index (κ2) is 4.86. The van der Waals surface area contributed by atoms with Gasteiger partial charge in [-0.05, 0) is 6.92 Å². The predicted molar refractivity (Wildman–Crippen MR) is 70.8 cm³/mol. The molecule has 0 radical (unpaired) electrons. The molecule has 6 N–H and O–H groups in total. The lowest BCUT2D eigenvalue weighted by Crippen LogP contribution is -2.46. The Hall–Kier alpha value is -1.85. The first kappa shape index (κ1) is 14.1. The Morgan fingerprint density at radius 2 is 2.24 bits per heavy atom. The van der Waals surface area contributed by atoms with E-state index in [9.17, 15) is 15.3 Å². The predicted octanol–water partition coefficient (Wildman–Crippen LogP) is -1.89. The Kier molecular flexibility index (Phi) is 3.26. The second-order valence-corrected chi connectivity index (χ2v) is 5.06. The van der Waals surface area contributed by atoms with Gasteiger partial charge in [-0.15, -0.1) is 0 Å². The molecule has 1 aliphatic rings. The normalized spacial score (nSPS) is 32.7. The highest BCUT2D eigenvalue weighted by Gasteiger charge is 2.52. The molecule has 114 valence electrons. The second-order valence-electron chi connectivity index (χ2n) is 5.06. The fourth-order valence-electron chi connectivity index (χ4n) is 2.45. The molecule has 21 heavy (non-hydrogen) atoms. The summed E-state index contributed by atoms with van der Waals surface area (Å²) in [7, 11) is 0. The van der Waals surface area contributed by atoms with Gasteiger partial charge in [0.15, 0.2) is 23.2 Å². The maximum atomic E-state index is 10.3. The molecule has 10 nitrogen and oxygen atoms in total. The quantitative estimate of drug-likeness (QED) is 0.323. The minimum Gasteiger partial charge on any atom is -0.394 e. The maximum absolute atomic E-state index is 10.3. The van der Waals surface area contributed by atoms with Crippen LogP contribution in [-0.2, 0) is 4.74 Å². The van der Waals surface area contributed by atoms with Crippen molar-refractivity contribution in [1.82, 2.24) is 19.5 Å². The molecule has 0 bridgehead atoms. The SMILES string of the molecule is C[C@@]1(O)[C@@H](CO)O[C@@H](n2cnc3c(NN)ncnc32)[C@@H]1O. The summed E-state index contributed by atoms with van der Waals surface area (Å²) < 4.78 is 6.99. The number of nitrogen functional groups attached to an aromatic ring is 1. The summed E-state index contributed by atoms with van der Waals surface area (Å²) in [5.74, 6) is 5.68. The lowest BCUT2D eigenvalue weighted by atomic mass is 9.95. The third-order valence-electron chi connectivity index (χ3n) is 3.76. The van der Waals surface area contributed by atoms with Crippen molar-refractivity contribution in [2.45, 2.75) is 31.0 Å². The number of anilines is 1. The standard InChI is InChI=1S/C11H16N6O4/c1-11(20)5(2-18)21-10(7(11)19)17-4-15-6-8(16-12)13-3-14-9(6)17/h3-5,7,10,18-20H,2,12H2,1H3,(H,13,14,16)/t5-,7+,10-,11-/m1/s1. The molecule has 0 amide bonds. The van der Waals surface area contributed by atoms with Gasteiger partial charge in [0.25, 0.3) is 0 Å². The molecule has 0 spiro atoms. The first-order chi connectivity index (χ1) is 10.0. The molecule has 0 unspecified atom stereocenters. The van der Waals surface area contributed by atoms with Crippen LogP contribution >= 0.6 is 0 Å². The van der Waals surface area contributed by atoms with E-state index in [1.165, 1.54) is 24.1 Å². The van der Waals surface area contributed by atoms with Crippen molar-refractivity contribution < 1.29 is 20.1 Å². The van der Waals surface area contributed by atoms with Crippen molar-refractivity contribution in [3.63, 3.8) is 0 Å². The molecule has 2 aromatic rings. The van der Waals surface area contributed by atoms with Crippen molar-refractivity contribution in [3.8, 4) is 0 Å². The zero-order valence-electron chi connectivity index (χ0n) is 11.2. The zero-order valence-corrected chi connectivity index (χ0v) is 11.2. The number of hydrogen-bond donors (Lipinski definition) is 5. The van der Waals surface area contributed by atoms with Crippen LogP contribution in [0.3, 0.4) is 0 Å². The molecule has 0 aliphatic carbocycles. The Labute approximate surface area is 119 Å². The monoisotopic (exact) mass is 296 g/mol. The first-order valence-corrected chi connectivity index (χ1v) is 6.31. The van der Waals surface area contributed by atoms with E-state index < -0.39 is 30.6 Å². The van der Waals surface area contributed by atoms with Crippen molar-refractivity contribution in [3.05, 3.63) is 12.7 Å². The Morgan fingerprint density at radius 3 is 2.86 bits per heavy atom. The van der Waals surface area contributed by atoms with Gasteiger partial charge in [-0.3, -0.25) is 4.57 Å². The van der Waals surface area contributed by atoms with Gasteiger partial charge in [0.2, 0.25) is 0 Å². The van der Waals surface area contributed by atoms with Crippen LogP contribution in [-0.4, -0.2) is 59.3 Å². The minimum absolute atomic E-state index is 0.330. The average Bonchev–Trinajstić information content (AvgIpc) is 2.99. The highest BCUT2D eigenvalue weighted by Crippen LogP contribution is 2.38. The van der Waals surface area contributed by atoms with Crippen molar-refractivity contribution in [2.24, 2.45) is 5.84 Å². The van der Waals surface area contributed by atoms with E-state index in [0.29, 0.717) is 17.0 Å². The highest BCUT2D eigenvalue weighted by molar-refractivity contribution is 5.82. The summed E-state index contributed by atoms with van der Waals surface area (Å²) in [5, 5.41) is 29.7. The molecule has 1 saturated heterocycles. The van der Waals surface area contributed by atoms with Gasteiger partial charge in [-0.2, -0.15) is 0 Å². The van der Waals surface area contributed by atoms with Crippen LogP contribution in [0.25, 0.3) is 11.2 Å². The number of ether oxygens (including phenoxy) is 1. The van der Waals surface area contributed by atoms with Crippen LogP contribution in [0.4, 0.5) is 5.82 Å². The van der Waals surface area contributed by atoms with E-state index in [1.54, 1.807) is 0 Å². The number of aliphatic hydroxyl groups excluding tert-OH is 2. The molecule has 3 rings (SSSR count). The fourth-order valence-corrected chi connectivity index (χ4v) is 2.45. The lowest BCUT2D eigenvalue weighted by molar-refractivity contribution is -0.0804. The molecule has 0 aromatic carbocycles. The molecule has 2 aromatic heterocycles. The van der Waals surface area contributed by atoms with Crippen LogP contribution in [0.5, 0.6) is 0 Å². The smallest absolute Gasteiger partial charge is 0.171 e. The fraction of sp³-hybridized carbons (Fsp3) is 0.545. The van der Waals surface area contributed by atoms with Gasteiger partial charge >= 0.3 is 0 Å². The zero-order chi connectivity index (χ0) is 15.2. The number of aromatic nitrogens is 4. The number of hydrogen-bond acceptors (Lipinski definition) is 9. The summed E-state index contributed by atoms with van der Waals surface area (Å²) in [6.07, 6.45) is -0.398. The third kappa shape index (κ3) is 1.96. The summed E-state index contributed by atoms with van der Waals surface area (Å²) in [5.41, 5.74) is 1.61. The van der Waals surface area contributed by atoms with Gasteiger partial charge in [-0.1, -0.05) is 0 Å². The summed E-state index contributed by atoms with van der Waals surface area (Å²) >= 11 is 0. The summed E-state index contributed by atoms with van der Waals surface area (Å²) in [4.78, 5) is 12.1. The van der Waals surface area contributed by atoms with Crippen LogP contribution in [0, 0.1) is 0 Å². The molecular weight excluding hydrogens is 280 g/mol. The van der Waals surface area contributed by atoms with Gasteiger partial charge < -0.3 is 25.5 Å². The average molecular weight is 296 g/mol. The minimum atomic E-state index is -1.59. The van der Waals surface area contributed by atoms with E-state index in [4.69, 9.17) is 10.6 Å². The van der Waals surface area contributed by atoms with Gasteiger partial charge in [0, 0.05) is 0 Å². The largest absolute Gasteiger partial charge is 0.394 e. The maximum Gasteiger partial charge on any atom is 0.171 e. The topological polar surface area (TPSA) is 152 Å². The van der Waals surface area contributed by atoms with Gasteiger partial charge in [0.05, 0.1) is 12.9 Å². The third-order valence-corrected chi connectivity index (χ3v) is 3.76. The number of nitrogens with two attached hydrogens (primary N) is 1. The van der Waals surface area contributed by atoms with E-state index in [1.807, 2.05) is 0 Å². The number of fused-ring (bicyclic) bond motifs is 1.